The van der Waals surface area contributed by atoms with Gasteiger partial charge in [0.2, 0.25) is 5.43 Å². The monoisotopic (exact) mass is 359 g/mol. The van der Waals surface area contributed by atoms with Gasteiger partial charge in [-0.15, -0.1) is 0 Å². The molecule has 2 heterocycles. The van der Waals surface area contributed by atoms with Gasteiger partial charge in [0.05, 0.1) is 22.8 Å². The van der Waals surface area contributed by atoms with Crippen molar-refractivity contribution >= 4 is 16.7 Å². The van der Waals surface area contributed by atoms with Crippen LogP contribution in [0, 0.1) is 11.8 Å². The van der Waals surface area contributed by atoms with Crippen LogP contribution in [0.2, 0.25) is 0 Å². The lowest BCUT2D eigenvalue weighted by Gasteiger charge is -2.15. The summed E-state index contributed by atoms with van der Waals surface area (Å²) in [6, 6.07) is 10.6. The number of hydrogen-bond acceptors (Lipinski definition) is 4. The molecule has 0 radical (unpaired) electrons. The predicted molar refractivity (Wildman–Crippen MR) is 107 cm³/mol. The first kappa shape index (κ1) is 17.3. The predicted octanol–water partition coefficient (Wildman–Crippen LogP) is 2.34. The van der Waals surface area contributed by atoms with Gasteiger partial charge in [-0.25, -0.2) is 4.98 Å². The van der Waals surface area contributed by atoms with Crippen molar-refractivity contribution in [2.24, 2.45) is 0 Å². The molecule has 0 saturated heterocycles. The third kappa shape index (κ3) is 3.32. The van der Waals surface area contributed by atoms with Crippen LogP contribution in [0.4, 0.5) is 5.69 Å². The number of benzene rings is 1. The van der Waals surface area contributed by atoms with Gasteiger partial charge < -0.3 is 15.0 Å². The molecule has 0 spiro atoms. The van der Waals surface area contributed by atoms with Gasteiger partial charge in [0.1, 0.15) is 12.3 Å². The number of anilines is 1. The SMILES string of the molecule is CCn1cc(C#CCO)c(=O)c2cc(NC3Cc4ccccc4C3)cnc21. The maximum Gasteiger partial charge on any atom is 0.206 e. The zero-order valence-electron chi connectivity index (χ0n) is 15.2. The molecule has 4 rings (SSSR count). The molecule has 0 unspecified atom stereocenters. The van der Waals surface area contributed by atoms with E-state index in [0.29, 0.717) is 29.2 Å². The maximum atomic E-state index is 12.8. The molecule has 0 bridgehead atoms. The highest BCUT2D eigenvalue weighted by atomic mass is 16.2. The van der Waals surface area contributed by atoms with Gasteiger partial charge in [-0.3, -0.25) is 4.79 Å². The highest BCUT2D eigenvalue weighted by Crippen LogP contribution is 2.25. The van der Waals surface area contributed by atoms with Crippen molar-refractivity contribution in [3.05, 3.63) is 69.6 Å². The fourth-order valence-electron chi connectivity index (χ4n) is 3.71. The van der Waals surface area contributed by atoms with E-state index < -0.39 is 0 Å². The Morgan fingerprint density at radius 2 is 2.04 bits per heavy atom. The van der Waals surface area contributed by atoms with Crippen LogP contribution < -0.4 is 10.7 Å². The molecule has 1 aliphatic carbocycles. The summed E-state index contributed by atoms with van der Waals surface area (Å²) >= 11 is 0. The molecule has 0 atom stereocenters. The van der Waals surface area contributed by atoms with Crippen molar-refractivity contribution in [1.82, 2.24) is 9.55 Å². The minimum Gasteiger partial charge on any atom is -0.384 e. The van der Waals surface area contributed by atoms with Gasteiger partial charge in [0.15, 0.2) is 0 Å². The van der Waals surface area contributed by atoms with Gasteiger partial charge in [-0.05, 0) is 37.0 Å². The molecule has 0 fully saturated rings. The number of aryl methyl sites for hydroxylation is 1. The van der Waals surface area contributed by atoms with E-state index in [1.54, 1.807) is 12.4 Å². The second-order valence-electron chi connectivity index (χ2n) is 6.73. The summed E-state index contributed by atoms with van der Waals surface area (Å²) < 4.78 is 1.91. The van der Waals surface area contributed by atoms with Crippen LogP contribution in [0.15, 0.2) is 47.5 Å². The molecule has 1 aromatic carbocycles. The van der Waals surface area contributed by atoms with Gasteiger partial charge in [-0.2, -0.15) is 0 Å². The number of fused-ring (bicyclic) bond motifs is 2. The summed E-state index contributed by atoms with van der Waals surface area (Å²) in [4.78, 5) is 17.3. The van der Waals surface area contributed by atoms with E-state index in [0.717, 1.165) is 18.5 Å². The van der Waals surface area contributed by atoms with Crippen molar-refractivity contribution in [2.75, 3.05) is 11.9 Å². The van der Waals surface area contributed by atoms with Crippen molar-refractivity contribution in [2.45, 2.75) is 32.4 Å². The normalized spacial score (nSPS) is 13.3. The molecule has 3 aromatic rings. The quantitative estimate of drug-likeness (QED) is 0.705. The van der Waals surface area contributed by atoms with E-state index in [1.807, 2.05) is 17.6 Å². The van der Waals surface area contributed by atoms with E-state index in [1.165, 1.54) is 11.1 Å². The van der Waals surface area contributed by atoms with Gasteiger partial charge in [-0.1, -0.05) is 36.1 Å². The van der Waals surface area contributed by atoms with Crippen LogP contribution in [0.5, 0.6) is 0 Å². The Hall–Kier alpha value is -3.10. The molecule has 136 valence electrons. The Kier molecular flexibility index (Phi) is 4.66. The lowest BCUT2D eigenvalue weighted by Crippen LogP contribution is -2.20. The van der Waals surface area contributed by atoms with Crippen LogP contribution in [-0.2, 0) is 19.4 Å². The fourth-order valence-corrected chi connectivity index (χ4v) is 3.71. The smallest absolute Gasteiger partial charge is 0.206 e. The maximum absolute atomic E-state index is 12.8. The van der Waals surface area contributed by atoms with Crippen molar-refractivity contribution in [3.63, 3.8) is 0 Å². The Morgan fingerprint density at radius 1 is 1.30 bits per heavy atom. The largest absolute Gasteiger partial charge is 0.384 e. The summed E-state index contributed by atoms with van der Waals surface area (Å²) in [5.41, 5.74) is 4.47. The van der Waals surface area contributed by atoms with Crippen LogP contribution >= 0.6 is 0 Å². The average Bonchev–Trinajstić information content (AvgIpc) is 3.10. The van der Waals surface area contributed by atoms with Crippen LogP contribution in [0.3, 0.4) is 0 Å². The second-order valence-corrected chi connectivity index (χ2v) is 6.73. The highest BCUT2D eigenvalue weighted by molar-refractivity contribution is 5.80. The minimum atomic E-state index is -0.272. The molecule has 27 heavy (non-hydrogen) atoms. The number of aliphatic hydroxyl groups is 1. The molecule has 2 aromatic heterocycles. The highest BCUT2D eigenvalue weighted by Gasteiger charge is 2.21. The number of pyridine rings is 2. The Morgan fingerprint density at radius 3 is 2.70 bits per heavy atom. The second kappa shape index (κ2) is 7.26. The molecule has 1 aliphatic rings. The third-order valence-electron chi connectivity index (χ3n) is 4.98. The van der Waals surface area contributed by atoms with Gasteiger partial charge >= 0.3 is 0 Å². The third-order valence-corrected chi connectivity index (χ3v) is 4.98. The van der Waals surface area contributed by atoms with Crippen LogP contribution in [-0.4, -0.2) is 27.3 Å². The Balaban J connectivity index is 1.69. The molecule has 0 aliphatic heterocycles. The molecule has 5 nitrogen and oxygen atoms in total. The number of nitrogens with zero attached hydrogens (tertiary/aromatic N) is 2. The van der Waals surface area contributed by atoms with Crippen LogP contribution in [0.1, 0.15) is 23.6 Å². The number of aliphatic hydroxyl groups excluding tert-OH is 1. The van der Waals surface area contributed by atoms with E-state index in [2.05, 4.69) is 46.4 Å². The summed E-state index contributed by atoms with van der Waals surface area (Å²) in [6.45, 7) is 2.41. The Bertz CT molecular complexity index is 1100. The lowest BCUT2D eigenvalue weighted by molar-refractivity contribution is 0.350. The Labute approximate surface area is 157 Å². The van der Waals surface area contributed by atoms with Gasteiger partial charge in [0, 0.05) is 18.8 Å². The minimum absolute atomic E-state index is 0.151. The number of nitrogens with one attached hydrogen (secondary N) is 1. The molecular weight excluding hydrogens is 338 g/mol. The van der Waals surface area contributed by atoms with Crippen molar-refractivity contribution in [3.8, 4) is 11.8 Å². The molecule has 5 heteroatoms. The zero-order valence-corrected chi connectivity index (χ0v) is 15.2. The lowest BCUT2D eigenvalue weighted by atomic mass is 10.1. The van der Waals surface area contributed by atoms with E-state index in [9.17, 15) is 4.79 Å². The topological polar surface area (TPSA) is 67.2 Å². The molecule has 2 N–H and O–H groups in total. The summed E-state index contributed by atoms with van der Waals surface area (Å²) in [5.74, 6) is 5.31. The first-order valence-corrected chi connectivity index (χ1v) is 9.16. The van der Waals surface area contributed by atoms with Crippen molar-refractivity contribution in [1.29, 1.82) is 0 Å². The van der Waals surface area contributed by atoms with E-state index >= 15 is 0 Å². The number of rotatable bonds is 3. The summed E-state index contributed by atoms with van der Waals surface area (Å²) in [5, 5.41) is 13.0. The average molecular weight is 359 g/mol. The molecule has 0 saturated carbocycles. The molecule has 0 amide bonds. The summed E-state index contributed by atoms with van der Waals surface area (Å²) in [7, 11) is 0. The van der Waals surface area contributed by atoms with Crippen molar-refractivity contribution < 1.29 is 5.11 Å². The standard InChI is InChI=1S/C22H21N3O2/c1-2-25-14-17(8-5-9-26)21(27)20-12-19(13-23-22(20)25)24-18-10-15-6-3-4-7-16(15)11-18/h3-4,6-7,12-14,18,24,26H,2,9-11H2,1H3. The fraction of sp³-hybridized carbons (Fsp3) is 0.273. The molecular formula is C22H21N3O2. The van der Waals surface area contributed by atoms with Crippen LogP contribution in [0.25, 0.3) is 11.0 Å². The number of hydrogen-bond donors (Lipinski definition) is 2. The zero-order chi connectivity index (χ0) is 18.8. The first-order chi connectivity index (χ1) is 13.2. The first-order valence-electron chi connectivity index (χ1n) is 9.16. The summed E-state index contributed by atoms with van der Waals surface area (Å²) in [6.07, 6.45) is 5.43. The number of aromatic nitrogens is 2. The van der Waals surface area contributed by atoms with Gasteiger partial charge in [0.25, 0.3) is 0 Å². The van der Waals surface area contributed by atoms with E-state index in [-0.39, 0.29) is 12.0 Å². The van der Waals surface area contributed by atoms with E-state index in [4.69, 9.17) is 5.11 Å².